The number of hydrogen-bond donors (Lipinski definition) is 1. The van der Waals surface area contributed by atoms with Crippen LogP contribution in [-0.2, 0) is 6.18 Å². The molecule has 0 atom stereocenters. The van der Waals surface area contributed by atoms with Crippen LogP contribution in [0.4, 0.5) is 19.0 Å². The molecule has 20 heavy (non-hydrogen) atoms. The number of methoxy groups -OCH3 is 1. The first-order chi connectivity index (χ1) is 9.38. The van der Waals surface area contributed by atoms with Crippen LogP contribution in [0, 0.1) is 0 Å². The van der Waals surface area contributed by atoms with Crippen LogP contribution < -0.4 is 10.5 Å². The molecule has 1 aromatic carbocycles. The van der Waals surface area contributed by atoms with E-state index >= 15 is 0 Å². The molecule has 0 saturated carbocycles. The fraction of sp³-hybridized carbons (Fsp3) is 0.154. The van der Waals surface area contributed by atoms with Gasteiger partial charge in [-0.2, -0.15) is 13.2 Å². The van der Waals surface area contributed by atoms with Gasteiger partial charge in [-0.3, -0.25) is 0 Å². The largest absolute Gasteiger partial charge is 0.497 e. The first-order valence-corrected chi connectivity index (χ1v) is 6.37. The zero-order valence-corrected chi connectivity index (χ0v) is 11.3. The molecule has 0 fully saturated rings. The number of rotatable bonds is 3. The quantitative estimate of drug-likeness (QED) is 0.935. The van der Waals surface area contributed by atoms with Gasteiger partial charge in [-0.1, -0.05) is 11.8 Å². The number of hydrogen-bond acceptors (Lipinski definition) is 4. The lowest BCUT2D eigenvalue weighted by Crippen LogP contribution is -2.07. The molecule has 2 aromatic rings. The molecule has 1 heterocycles. The Morgan fingerprint density at radius 2 is 1.80 bits per heavy atom. The van der Waals surface area contributed by atoms with Crippen molar-refractivity contribution in [2.24, 2.45) is 0 Å². The lowest BCUT2D eigenvalue weighted by Gasteiger charge is -2.09. The van der Waals surface area contributed by atoms with Crippen LogP contribution in [0.3, 0.4) is 0 Å². The van der Waals surface area contributed by atoms with Crippen molar-refractivity contribution < 1.29 is 17.9 Å². The van der Waals surface area contributed by atoms with Gasteiger partial charge in [0, 0.05) is 4.90 Å². The molecule has 0 bridgehead atoms. The Labute approximate surface area is 118 Å². The van der Waals surface area contributed by atoms with Crippen molar-refractivity contribution in [3.8, 4) is 5.75 Å². The lowest BCUT2D eigenvalue weighted by atomic mass is 10.2. The van der Waals surface area contributed by atoms with Crippen LogP contribution in [0.1, 0.15) is 5.56 Å². The molecule has 0 aliphatic carbocycles. The highest BCUT2D eigenvalue weighted by Gasteiger charge is 2.31. The number of aromatic nitrogens is 1. The average molecular weight is 300 g/mol. The van der Waals surface area contributed by atoms with Gasteiger partial charge in [0.15, 0.2) is 0 Å². The van der Waals surface area contributed by atoms with E-state index in [0.717, 1.165) is 28.8 Å². The Morgan fingerprint density at radius 3 is 2.35 bits per heavy atom. The molecule has 0 saturated heterocycles. The van der Waals surface area contributed by atoms with Gasteiger partial charge in [-0.25, -0.2) is 4.98 Å². The van der Waals surface area contributed by atoms with E-state index in [0.29, 0.717) is 5.75 Å². The van der Waals surface area contributed by atoms with E-state index in [1.807, 2.05) is 0 Å². The van der Waals surface area contributed by atoms with E-state index in [1.165, 1.54) is 7.11 Å². The second-order valence-corrected chi connectivity index (χ2v) is 4.99. The normalized spacial score (nSPS) is 11.4. The fourth-order valence-electron chi connectivity index (χ4n) is 1.51. The smallest absolute Gasteiger partial charge is 0.416 e. The predicted molar refractivity (Wildman–Crippen MR) is 70.8 cm³/mol. The van der Waals surface area contributed by atoms with Crippen LogP contribution in [0.15, 0.2) is 46.3 Å². The summed E-state index contributed by atoms with van der Waals surface area (Å²) < 4.78 is 43.0. The lowest BCUT2D eigenvalue weighted by molar-refractivity contribution is -0.137. The Hall–Kier alpha value is -1.89. The van der Waals surface area contributed by atoms with Crippen LogP contribution in [-0.4, -0.2) is 12.1 Å². The summed E-state index contributed by atoms with van der Waals surface area (Å²) in [5.74, 6) is 0.515. The third-order valence-electron chi connectivity index (χ3n) is 2.43. The van der Waals surface area contributed by atoms with Crippen molar-refractivity contribution in [1.82, 2.24) is 4.98 Å². The summed E-state index contributed by atoms with van der Waals surface area (Å²) >= 11 is 1.10. The van der Waals surface area contributed by atoms with Crippen LogP contribution in [0.5, 0.6) is 5.75 Å². The molecule has 0 radical (unpaired) electrons. The van der Waals surface area contributed by atoms with Crippen LogP contribution in [0.25, 0.3) is 0 Å². The predicted octanol–water partition coefficient (Wildman–Crippen LogP) is 3.84. The number of pyridine rings is 1. The van der Waals surface area contributed by atoms with E-state index in [9.17, 15) is 13.2 Å². The average Bonchev–Trinajstić information content (AvgIpc) is 2.38. The molecule has 0 spiro atoms. The number of halogens is 3. The standard InChI is InChI=1S/C13H11F3N2OS/c1-19-9-2-4-10(5-3-9)20-12-7-8(13(14,15)16)6-11(17)18-12/h2-7H,1H3,(H2,17,18). The number of nitrogens with zero attached hydrogens (tertiary/aromatic N) is 1. The monoisotopic (exact) mass is 300 g/mol. The minimum Gasteiger partial charge on any atom is -0.497 e. The van der Waals surface area contributed by atoms with Crippen molar-refractivity contribution in [3.63, 3.8) is 0 Å². The summed E-state index contributed by atoms with van der Waals surface area (Å²) in [4.78, 5) is 4.64. The molecule has 106 valence electrons. The molecular weight excluding hydrogens is 289 g/mol. The van der Waals surface area contributed by atoms with Gasteiger partial charge in [-0.15, -0.1) is 0 Å². The van der Waals surface area contributed by atoms with Gasteiger partial charge >= 0.3 is 6.18 Å². The van der Waals surface area contributed by atoms with E-state index < -0.39 is 11.7 Å². The summed E-state index contributed by atoms with van der Waals surface area (Å²) in [6.45, 7) is 0. The van der Waals surface area contributed by atoms with Crippen LogP contribution in [0.2, 0.25) is 0 Å². The summed E-state index contributed by atoms with van der Waals surface area (Å²) in [6.07, 6.45) is -4.44. The molecule has 0 aliphatic rings. The van der Waals surface area contributed by atoms with Crippen molar-refractivity contribution in [1.29, 1.82) is 0 Å². The maximum Gasteiger partial charge on any atom is 0.416 e. The number of nitrogens with two attached hydrogens (primary N) is 1. The van der Waals surface area contributed by atoms with Gasteiger partial charge in [-0.05, 0) is 36.4 Å². The minimum atomic E-state index is -4.44. The molecule has 0 unspecified atom stereocenters. The highest BCUT2D eigenvalue weighted by molar-refractivity contribution is 7.99. The Morgan fingerprint density at radius 1 is 1.15 bits per heavy atom. The highest BCUT2D eigenvalue weighted by atomic mass is 32.2. The number of alkyl halides is 3. The van der Waals surface area contributed by atoms with Crippen molar-refractivity contribution in [2.75, 3.05) is 12.8 Å². The molecule has 0 aliphatic heterocycles. The third kappa shape index (κ3) is 3.57. The molecule has 2 rings (SSSR count). The van der Waals surface area contributed by atoms with Gasteiger partial charge in [0.1, 0.15) is 16.6 Å². The summed E-state index contributed by atoms with van der Waals surface area (Å²) in [7, 11) is 1.54. The van der Waals surface area contributed by atoms with Gasteiger partial charge < -0.3 is 10.5 Å². The zero-order valence-electron chi connectivity index (χ0n) is 10.4. The molecule has 3 nitrogen and oxygen atoms in total. The highest BCUT2D eigenvalue weighted by Crippen LogP contribution is 2.34. The minimum absolute atomic E-state index is 0.157. The third-order valence-corrected chi connectivity index (χ3v) is 3.36. The van der Waals surface area contributed by atoms with Gasteiger partial charge in [0.2, 0.25) is 0 Å². The number of ether oxygens (including phenoxy) is 1. The summed E-state index contributed by atoms with van der Waals surface area (Å²) in [6, 6.07) is 8.71. The molecular formula is C13H11F3N2OS. The number of anilines is 1. The van der Waals surface area contributed by atoms with Crippen molar-refractivity contribution >= 4 is 17.6 Å². The van der Waals surface area contributed by atoms with Gasteiger partial charge in [0.25, 0.3) is 0 Å². The Balaban J connectivity index is 2.26. The molecule has 7 heteroatoms. The molecule has 1 aromatic heterocycles. The van der Waals surface area contributed by atoms with E-state index in [4.69, 9.17) is 10.5 Å². The first kappa shape index (κ1) is 14.5. The maximum atomic E-state index is 12.7. The number of nitrogen functional groups attached to an aromatic ring is 1. The van der Waals surface area contributed by atoms with Crippen LogP contribution >= 0.6 is 11.8 Å². The second kappa shape index (κ2) is 5.62. The second-order valence-electron chi connectivity index (χ2n) is 3.89. The zero-order chi connectivity index (χ0) is 14.8. The van der Waals surface area contributed by atoms with Gasteiger partial charge in [0.05, 0.1) is 12.7 Å². The Kier molecular flexibility index (Phi) is 4.08. The molecule has 0 amide bonds. The maximum absolute atomic E-state index is 12.7. The SMILES string of the molecule is COc1ccc(Sc2cc(C(F)(F)F)cc(N)n2)cc1. The topological polar surface area (TPSA) is 48.1 Å². The fourth-order valence-corrected chi connectivity index (χ4v) is 2.36. The van der Waals surface area contributed by atoms with Crippen molar-refractivity contribution in [3.05, 3.63) is 42.0 Å². The van der Waals surface area contributed by atoms with E-state index in [-0.39, 0.29) is 10.8 Å². The van der Waals surface area contributed by atoms with E-state index in [2.05, 4.69) is 4.98 Å². The summed E-state index contributed by atoms with van der Waals surface area (Å²) in [5.41, 5.74) is 4.61. The molecule has 2 N–H and O–H groups in total. The van der Waals surface area contributed by atoms with E-state index in [1.54, 1.807) is 24.3 Å². The Bertz CT molecular complexity index is 600. The van der Waals surface area contributed by atoms with Crippen molar-refractivity contribution in [2.45, 2.75) is 16.1 Å². The number of benzene rings is 1. The first-order valence-electron chi connectivity index (χ1n) is 5.55. The summed E-state index contributed by atoms with van der Waals surface area (Å²) in [5, 5.41) is 0.197.